The molecule has 88 valence electrons. The molecule has 0 saturated heterocycles. The van der Waals surface area contributed by atoms with Crippen LogP contribution in [0.15, 0.2) is 42.5 Å². The maximum atomic E-state index is 12.9. The average Bonchev–Trinajstić information content (AvgIpc) is 2.81. The number of hydrogen-bond donors (Lipinski definition) is 1. The summed E-state index contributed by atoms with van der Waals surface area (Å²) in [7, 11) is 0. The van der Waals surface area contributed by atoms with Crippen LogP contribution in [-0.4, -0.2) is 16.5 Å². The van der Waals surface area contributed by atoms with Crippen molar-refractivity contribution in [3.05, 3.63) is 54.0 Å². The molecule has 1 heterocycles. The van der Waals surface area contributed by atoms with E-state index < -0.39 is 0 Å². The molecule has 0 fully saturated rings. The number of fused-ring (bicyclic) bond motifs is 1. The summed E-state index contributed by atoms with van der Waals surface area (Å²) in [5.41, 5.74) is 3.01. The lowest BCUT2D eigenvalue weighted by Gasteiger charge is -2.01. The number of aromatic nitrogens is 2. The van der Waals surface area contributed by atoms with Gasteiger partial charge in [0, 0.05) is 5.39 Å². The SMILES string of the molecule is O=Cc1n[nH]c2ccc(-c3ccc(F)cc3)cc12. The van der Waals surface area contributed by atoms with Gasteiger partial charge in [-0.3, -0.25) is 9.89 Å². The molecule has 3 rings (SSSR count). The van der Waals surface area contributed by atoms with Crippen molar-refractivity contribution in [2.75, 3.05) is 0 Å². The number of aldehydes is 1. The highest BCUT2D eigenvalue weighted by Gasteiger charge is 2.06. The molecule has 0 atom stereocenters. The molecule has 0 saturated carbocycles. The molecule has 0 bridgehead atoms. The molecular formula is C14H9FN2O. The number of rotatable bonds is 2. The maximum absolute atomic E-state index is 12.9. The van der Waals surface area contributed by atoms with Gasteiger partial charge in [0.25, 0.3) is 0 Å². The third-order valence-corrected chi connectivity index (χ3v) is 2.88. The topological polar surface area (TPSA) is 45.8 Å². The normalized spacial score (nSPS) is 10.7. The van der Waals surface area contributed by atoms with Crippen LogP contribution in [-0.2, 0) is 0 Å². The summed E-state index contributed by atoms with van der Waals surface area (Å²) in [6.07, 6.45) is 0.716. The van der Waals surface area contributed by atoms with Crippen molar-refractivity contribution in [2.24, 2.45) is 0 Å². The fourth-order valence-corrected chi connectivity index (χ4v) is 1.95. The predicted molar refractivity (Wildman–Crippen MR) is 66.9 cm³/mol. The van der Waals surface area contributed by atoms with Crippen LogP contribution in [0.3, 0.4) is 0 Å². The van der Waals surface area contributed by atoms with Crippen LogP contribution in [0.2, 0.25) is 0 Å². The first-order valence-electron chi connectivity index (χ1n) is 5.47. The van der Waals surface area contributed by atoms with E-state index in [0.29, 0.717) is 12.0 Å². The Bertz CT molecular complexity index is 716. The smallest absolute Gasteiger partial charge is 0.170 e. The summed E-state index contributed by atoms with van der Waals surface area (Å²) in [6.45, 7) is 0. The van der Waals surface area contributed by atoms with E-state index in [9.17, 15) is 9.18 Å². The molecule has 0 aliphatic heterocycles. The molecule has 0 aliphatic rings. The quantitative estimate of drug-likeness (QED) is 0.699. The molecule has 0 radical (unpaired) electrons. The zero-order valence-electron chi connectivity index (χ0n) is 9.35. The number of benzene rings is 2. The lowest BCUT2D eigenvalue weighted by Crippen LogP contribution is -1.81. The molecule has 2 aromatic carbocycles. The van der Waals surface area contributed by atoms with Crippen LogP contribution in [0.4, 0.5) is 4.39 Å². The van der Waals surface area contributed by atoms with E-state index >= 15 is 0 Å². The molecule has 4 heteroatoms. The van der Waals surface area contributed by atoms with Crippen molar-refractivity contribution in [3.8, 4) is 11.1 Å². The van der Waals surface area contributed by atoms with Crippen molar-refractivity contribution in [3.63, 3.8) is 0 Å². The summed E-state index contributed by atoms with van der Waals surface area (Å²) in [6, 6.07) is 11.9. The second-order valence-electron chi connectivity index (χ2n) is 3.99. The highest BCUT2D eigenvalue weighted by Crippen LogP contribution is 2.24. The fourth-order valence-electron chi connectivity index (χ4n) is 1.95. The van der Waals surface area contributed by atoms with Crippen LogP contribution in [0, 0.1) is 5.82 Å². The van der Waals surface area contributed by atoms with Crippen molar-refractivity contribution in [2.45, 2.75) is 0 Å². The molecule has 0 spiro atoms. The monoisotopic (exact) mass is 240 g/mol. The number of nitrogens with one attached hydrogen (secondary N) is 1. The maximum Gasteiger partial charge on any atom is 0.170 e. The van der Waals surface area contributed by atoms with Gasteiger partial charge in [-0.1, -0.05) is 18.2 Å². The average molecular weight is 240 g/mol. The third kappa shape index (κ3) is 1.68. The van der Waals surface area contributed by atoms with Gasteiger partial charge in [0.1, 0.15) is 11.5 Å². The first kappa shape index (κ1) is 10.7. The summed E-state index contributed by atoms with van der Waals surface area (Å²) < 4.78 is 12.9. The summed E-state index contributed by atoms with van der Waals surface area (Å²) in [4.78, 5) is 10.8. The van der Waals surface area contributed by atoms with Gasteiger partial charge in [-0.15, -0.1) is 0 Å². The van der Waals surface area contributed by atoms with E-state index in [-0.39, 0.29) is 5.82 Å². The molecule has 3 nitrogen and oxygen atoms in total. The van der Waals surface area contributed by atoms with Crippen molar-refractivity contribution in [1.29, 1.82) is 0 Å². The Labute approximate surface area is 102 Å². The summed E-state index contributed by atoms with van der Waals surface area (Å²) >= 11 is 0. The predicted octanol–water partition coefficient (Wildman–Crippen LogP) is 3.18. The van der Waals surface area contributed by atoms with Crippen LogP contribution in [0.25, 0.3) is 22.0 Å². The Kier molecular flexibility index (Phi) is 2.41. The van der Waals surface area contributed by atoms with Gasteiger partial charge in [-0.2, -0.15) is 5.10 Å². The van der Waals surface area contributed by atoms with E-state index in [1.54, 1.807) is 12.1 Å². The van der Waals surface area contributed by atoms with Crippen LogP contribution in [0.1, 0.15) is 10.5 Å². The fraction of sp³-hybridized carbons (Fsp3) is 0. The van der Waals surface area contributed by atoms with Crippen molar-refractivity contribution >= 4 is 17.2 Å². The van der Waals surface area contributed by atoms with E-state index in [4.69, 9.17) is 0 Å². The largest absolute Gasteiger partial charge is 0.296 e. The van der Waals surface area contributed by atoms with Crippen molar-refractivity contribution < 1.29 is 9.18 Å². The third-order valence-electron chi connectivity index (χ3n) is 2.88. The van der Waals surface area contributed by atoms with E-state index in [0.717, 1.165) is 22.0 Å². The number of carbonyl (C=O) groups excluding carboxylic acids is 1. The van der Waals surface area contributed by atoms with Gasteiger partial charge < -0.3 is 0 Å². The second kappa shape index (κ2) is 4.07. The van der Waals surface area contributed by atoms with Gasteiger partial charge in [-0.25, -0.2) is 4.39 Å². The highest BCUT2D eigenvalue weighted by molar-refractivity contribution is 5.96. The molecule has 3 aromatic rings. The number of nitrogens with zero attached hydrogens (tertiary/aromatic N) is 1. The number of aromatic amines is 1. The Morgan fingerprint density at radius 1 is 1.06 bits per heavy atom. The van der Waals surface area contributed by atoms with E-state index in [2.05, 4.69) is 10.2 Å². The van der Waals surface area contributed by atoms with Crippen molar-refractivity contribution in [1.82, 2.24) is 10.2 Å². The van der Waals surface area contributed by atoms with E-state index in [1.165, 1.54) is 12.1 Å². The first-order valence-corrected chi connectivity index (χ1v) is 5.47. The number of carbonyl (C=O) groups is 1. The van der Waals surface area contributed by atoms with E-state index in [1.807, 2.05) is 18.2 Å². The Hall–Kier alpha value is -2.49. The van der Waals surface area contributed by atoms with Gasteiger partial charge in [0.05, 0.1) is 5.52 Å². The Balaban J connectivity index is 2.17. The highest BCUT2D eigenvalue weighted by atomic mass is 19.1. The number of hydrogen-bond acceptors (Lipinski definition) is 2. The minimum absolute atomic E-state index is 0.267. The van der Waals surface area contributed by atoms with Gasteiger partial charge in [0.15, 0.2) is 6.29 Å². The first-order chi connectivity index (χ1) is 8.78. The van der Waals surface area contributed by atoms with Gasteiger partial charge >= 0.3 is 0 Å². The van der Waals surface area contributed by atoms with Gasteiger partial charge in [-0.05, 0) is 35.4 Å². The minimum atomic E-state index is -0.267. The molecular weight excluding hydrogens is 231 g/mol. The summed E-state index contributed by atoms with van der Waals surface area (Å²) in [5, 5.41) is 7.47. The van der Waals surface area contributed by atoms with Crippen LogP contribution < -0.4 is 0 Å². The zero-order chi connectivity index (χ0) is 12.5. The minimum Gasteiger partial charge on any atom is -0.296 e. The number of H-pyrrole nitrogens is 1. The molecule has 0 unspecified atom stereocenters. The molecule has 1 N–H and O–H groups in total. The number of halogens is 1. The Morgan fingerprint density at radius 2 is 1.78 bits per heavy atom. The summed E-state index contributed by atoms with van der Waals surface area (Å²) in [5.74, 6) is -0.267. The standard InChI is InChI=1S/C14H9FN2O/c15-11-4-1-9(2-5-11)10-3-6-13-12(7-10)14(8-18)17-16-13/h1-8H,(H,16,17). The lowest BCUT2D eigenvalue weighted by atomic mass is 10.0. The lowest BCUT2D eigenvalue weighted by molar-refractivity contribution is 0.112. The molecule has 0 aliphatic carbocycles. The zero-order valence-corrected chi connectivity index (χ0v) is 9.35. The van der Waals surface area contributed by atoms with Crippen LogP contribution in [0.5, 0.6) is 0 Å². The van der Waals surface area contributed by atoms with Gasteiger partial charge in [0.2, 0.25) is 0 Å². The molecule has 18 heavy (non-hydrogen) atoms. The Morgan fingerprint density at radius 3 is 2.50 bits per heavy atom. The molecule has 1 aromatic heterocycles. The van der Waals surface area contributed by atoms with Crippen LogP contribution >= 0.6 is 0 Å². The molecule has 0 amide bonds. The second-order valence-corrected chi connectivity index (χ2v) is 3.99.